The Bertz CT molecular complexity index is 301. The van der Waals surface area contributed by atoms with Crippen LogP contribution in [0.1, 0.15) is 18.0 Å². The molecule has 3 heteroatoms. The van der Waals surface area contributed by atoms with Crippen LogP contribution in [0.2, 0.25) is 0 Å². The molecule has 1 saturated heterocycles. The number of aliphatic hydroxyl groups excluding tert-OH is 1. The molecule has 76 valence electrons. The van der Waals surface area contributed by atoms with Gasteiger partial charge in [0.05, 0.1) is 6.04 Å². The molecule has 14 heavy (non-hydrogen) atoms. The number of hydrogen-bond donors (Lipinski definition) is 1. The van der Waals surface area contributed by atoms with Crippen LogP contribution in [-0.4, -0.2) is 35.4 Å². The molecule has 3 nitrogen and oxygen atoms in total. The van der Waals surface area contributed by atoms with Crippen molar-refractivity contribution in [3.63, 3.8) is 0 Å². The summed E-state index contributed by atoms with van der Waals surface area (Å²) in [6.07, 6.45) is 0.419. The summed E-state index contributed by atoms with van der Waals surface area (Å²) in [6.45, 7) is 0. The van der Waals surface area contributed by atoms with Crippen LogP contribution in [0, 0.1) is 0 Å². The Hall–Kier alpha value is -0.900. The molecule has 1 aliphatic rings. The molecule has 0 amide bonds. The Morgan fingerprint density at radius 2 is 1.79 bits per heavy atom. The molecule has 2 atom stereocenters. The minimum Gasteiger partial charge on any atom is -0.377 e. The van der Waals surface area contributed by atoms with E-state index in [9.17, 15) is 5.11 Å². The standard InChI is InChI=1S/C11H16N2O/c1-12-10(8-11(14)13(12)2)9-6-4-3-5-7-9/h3-7,10-11,14H,8H2,1-2H3/t10-,11+/m0/s1. The van der Waals surface area contributed by atoms with E-state index in [1.807, 2.05) is 37.3 Å². The molecule has 0 saturated carbocycles. The second kappa shape index (κ2) is 3.69. The van der Waals surface area contributed by atoms with Gasteiger partial charge in [-0.1, -0.05) is 30.3 Å². The second-order valence-corrected chi connectivity index (χ2v) is 3.79. The fraction of sp³-hybridized carbons (Fsp3) is 0.455. The van der Waals surface area contributed by atoms with E-state index in [2.05, 4.69) is 17.1 Å². The molecule has 0 bridgehead atoms. The number of benzene rings is 1. The summed E-state index contributed by atoms with van der Waals surface area (Å²) in [5.41, 5.74) is 1.26. The summed E-state index contributed by atoms with van der Waals surface area (Å²) in [4.78, 5) is 0. The van der Waals surface area contributed by atoms with Crippen molar-refractivity contribution in [2.45, 2.75) is 18.7 Å². The number of hydrazine groups is 1. The molecule has 0 spiro atoms. The molecule has 0 radical (unpaired) electrons. The van der Waals surface area contributed by atoms with E-state index in [0.29, 0.717) is 6.04 Å². The number of hydrogen-bond acceptors (Lipinski definition) is 3. The quantitative estimate of drug-likeness (QED) is 0.725. The molecule has 1 N–H and O–H groups in total. The zero-order valence-electron chi connectivity index (χ0n) is 8.59. The van der Waals surface area contributed by atoms with Crippen LogP contribution in [-0.2, 0) is 0 Å². The van der Waals surface area contributed by atoms with Crippen LogP contribution in [0.4, 0.5) is 0 Å². The Balaban J connectivity index is 2.21. The van der Waals surface area contributed by atoms with Gasteiger partial charge >= 0.3 is 0 Å². The zero-order valence-corrected chi connectivity index (χ0v) is 8.59. The molecule has 1 fully saturated rings. The van der Waals surface area contributed by atoms with Crippen molar-refractivity contribution in [2.75, 3.05) is 14.1 Å². The Kier molecular flexibility index (Phi) is 2.54. The van der Waals surface area contributed by atoms with Gasteiger partial charge in [0.25, 0.3) is 0 Å². The van der Waals surface area contributed by atoms with Gasteiger partial charge in [0, 0.05) is 20.5 Å². The predicted molar refractivity (Wildman–Crippen MR) is 55.3 cm³/mol. The molecule has 0 unspecified atom stereocenters. The molecular formula is C11H16N2O. The maximum Gasteiger partial charge on any atom is 0.121 e. The third kappa shape index (κ3) is 1.54. The fourth-order valence-corrected chi connectivity index (χ4v) is 1.96. The lowest BCUT2D eigenvalue weighted by molar-refractivity contribution is -0.0563. The van der Waals surface area contributed by atoms with E-state index >= 15 is 0 Å². The van der Waals surface area contributed by atoms with Gasteiger partial charge in [-0.3, -0.25) is 0 Å². The van der Waals surface area contributed by atoms with Crippen LogP contribution in [0.15, 0.2) is 30.3 Å². The first-order chi connectivity index (χ1) is 6.70. The second-order valence-electron chi connectivity index (χ2n) is 3.79. The number of rotatable bonds is 1. The van der Waals surface area contributed by atoms with E-state index in [4.69, 9.17) is 0 Å². The summed E-state index contributed by atoms with van der Waals surface area (Å²) in [5.74, 6) is 0. The summed E-state index contributed by atoms with van der Waals surface area (Å²) in [6, 6.07) is 10.6. The van der Waals surface area contributed by atoms with Crippen molar-refractivity contribution in [2.24, 2.45) is 0 Å². The highest BCUT2D eigenvalue weighted by atomic mass is 16.3. The largest absolute Gasteiger partial charge is 0.377 e. The van der Waals surface area contributed by atoms with E-state index in [1.54, 1.807) is 0 Å². The lowest BCUT2D eigenvalue weighted by Crippen LogP contribution is -2.35. The van der Waals surface area contributed by atoms with E-state index in [0.717, 1.165) is 6.42 Å². The number of aliphatic hydroxyl groups is 1. The maximum absolute atomic E-state index is 9.68. The SMILES string of the molecule is CN1[C@H](O)C[C@@H](c2ccccc2)N1C. The zero-order chi connectivity index (χ0) is 10.1. The molecule has 1 aliphatic heterocycles. The van der Waals surface area contributed by atoms with Crippen LogP contribution < -0.4 is 0 Å². The van der Waals surface area contributed by atoms with Gasteiger partial charge in [-0.05, 0) is 5.56 Å². The average molecular weight is 192 g/mol. The van der Waals surface area contributed by atoms with Gasteiger partial charge < -0.3 is 5.11 Å². The summed E-state index contributed by atoms with van der Waals surface area (Å²) < 4.78 is 0. The molecule has 1 heterocycles. The maximum atomic E-state index is 9.68. The van der Waals surface area contributed by atoms with Gasteiger partial charge in [-0.25, -0.2) is 10.0 Å². The van der Waals surface area contributed by atoms with Gasteiger partial charge in [0.2, 0.25) is 0 Å². The first-order valence-electron chi connectivity index (χ1n) is 4.88. The monoisotopic (exact) mass is 192 g/mol. The minimum atomic E-state index is -0.356. The minimum absolute atomic E-state index is 0.302. The fourth-order valence-electron chi connectivity index (χ4n) is 1.96. The lowest BCUT2D eigenvalue weighted by atomic mass is 10.0. The smallest absolute Gasteiger partial charge is 0.121 e. The highest BCUT2D eigenvalue weighted by Crippen LogP contribution is 2.32. The topological polar surface area (TPSA) is 26.7 Å². The Morgan fingerprint density at radius 1 is 1.14 bits per heavy atom. The summed E-state index contributed by atoms with van der Waals surface area (Å²) in [5, 5.41) is 13.6. The molecule has 0 aliphatic carbocycles. The van der Waals surface area contributed by atoms with Crippen LogP contribution in [0.3, 0.4) is 0 Å². The van der Waals surface area contributed by atoms with Crippen molar-refractivity contribution in [3.05, 3.63) is 35.9 Å². The Morgan fingerprint density at radius 3 is 2.29 bits per heavy atom. The van der Waals surface area contributed by atoms with Crippen LogP contribution in [0.5, 0.6) is 0 Å². The lowest BCUT2D eigenvalue weighted by Gasteiger charge is -2.25. The molecule has 0 aromatic heterocycles. The Labute approximate surface area is 84.5 Å². The van der Waals surface area contributed by atoms with Gasteiger partial charge in [0.15, 0.2) is 0 Å². The normalized spacial score (nSPS) is 29.6. The van der Waals surface area contributed by atoms with Crippen LogP contribution >= 0.6 is 0 Å². The predicted octanol–water partition coefficient (Wildman–Crippen LogP) is 1.23. The highest BCUT2D eigenvalue weighted by Gasteiger charge is 2.33. The van der Waals surface area contributed by atoms with Crippen molar-refractivity contribution < 1.29 is 5.11 Å². The highest BCUT2D eigenvalue weighted by molar-refractivity contribution is 5.19. The molecule has 1 aromatic rings. The van der Waals surface area contributed by atoms with Gasteiger partial charge in [-0.2, -0.15) is 0 Å². The van der Waals surface area contributed by atoms with Crippen molar-refractivity contribution in [1.82, 2.24) is 10.0 Å². The van der Waals surface area contributed by atoms with Gasteiger partial charge in [0.1, 0.15) is 6.23 Å². The molecule has 2 rings (SSSR count). The molecule has 1 aromatic carbocycles. The molecular weight excluding hydrogens is 176 g/mol. The van der Waals surface area contributed by atoms with Crippen molar-refractivity contribution in [1.29, 1.82) is 0 Å². The van der Waals surface area contributed by atoms with E-state index in [1.165, 1.54) is 5.56 Å². The average Bonchev–Trinajstić information content (AvgIpc) is 2.47. The number of nitrogens with zero attached hydrogens (tertiary/aromatic N) is 2. The van der Waals surface area contributed by atoms with E-state index < -0.39 is 0 Å². The van der Waals surface area contributed by atoms with Crippen molar-refractivity contribution in [3.8, 4) is 0 Å². The van der Waals surface area contributed by atoms with Crippen LogP contribution in [0.25, 0.3) is 0 Å². The first-order valence-corrected chi connectivity index (χ1v) is 4.88. The third-order valence-electron chi connectivity index (χ3n) is 3.00. The van der Waals surface area contributed by atoms with E-state index in [-0.39, 0.29) is 6.23 Å². The van der Waals surface area contributed by atoms with Crippen molar-refractivity contribution >= 4 is 0 Å². The van der Waals surface area contributed by atoms with Gasteiger partial charge in [-0.15, -0.1) is 0 Å². The third-order valence-corrected chi connectivity index (χ3v) is 3.00. The first kappa shape index (κ1) is 9.65. The summed E-state index contributed by atoms with van der Waals surface area (Å²) in [7, 11) is 3.92. The summed E-state index contributed by atoms with van der Waals surface area (Å²) >= 11 is 0.